The van der Waals surface area contributed by atoms with Crippen LogP contribution in [0.25, 0.3) is 0 Å². The zero-order chi connectivity index (χ0) is 15.9. The molecule has 2 rings (SSSR count). The zero-order valence-corrected chi connectivity index (χ0v) is 14.1. The Hall–Kier alpha value is -1.26. The number of likely N-dealkylation sites (N-methyl/N-ethyl adjacent to an activating group) is 1. The molecule has 0 aromatic carbocycles. The first-order valence-corrected chi connectivity index (χ1v) is 8.94. The Kier molecular flexibility index (Phi) is 6.52. The Bertz CT molecular complexity index is 378. The Balaban J connectivity index is 1.77. The van der Waals surface area contributed by atoms with Crippen molar-refractivity contribution in [3.8, 4) is 0 Å². The molecule has 126 valence electrons. The number of nitrogens with zero attached hydrogens (tertiary/aromatic N) is 1. The molecule has 2 fully saturated rings. The third-order valence-electron chi connectivity index (χ3n) is 5.20. The monoisotopic (exact) mass is 309 g/mol. The van der Waals surface area contributed by atoms with Crippen LogP contribution in [0.2, 0.25) is 0 Å². The van der Waals surface area contributed by atoms with Crippen LogP contribution in [-0.2, 0) is 4.79 Å². The van der Waals surface area contributed by atoms with Gasteiger partial charge < -0.3 is 15.5 Å². The summed E-state index contributed by atoms with van der Waals surface area (Å²) in [5.41, 5.74) is 0. The summed E-state index contributed by atoms with van der Waals surface area (Å²) in [6.07, 6.45) is 10.2. The van der Waals surface area contributed by atoms with Crippen molar-refractivity contribution in [1.82, 2.24) is 15.5 Å². The van der Waals surface area contributed by atoms with Gasteiger partial charge in [0, 0.05) is 19.6 Å². The highest BCUT2D eigenvalue weighted by molar-refractivity contribution is 5.87. The normalized spacial score (nSPS) is 28.5. The zero-order valence-electron chi connectivity index (χ0n) is 14.1. The summed E-state index contributed by atoms with van der Waals surface area (Å²) >= 11 is 0. The van der Waals surface area contributed by atoms with E-state index in [9.17, 15) is 9.59 Å². The number of hydrogen-bond donors (Lipinski definition) is 2. The highest BCUT2D eigenvalue weighted by Gasteiger charge is 2.34. The maximum absolute atomic E-state index is 12.4. The second-order valence-corrected chi connectivity index (χ2v) is 6.78. The van der Waals surface area contributed by atoms with E-state index in [-0.39, 0.29) is 24.0 Å². The number of unbranched alkanes of at least 4 members (excludes halogenated alkanes) is 1. The summed E-state index contributed by atoms with van der Waals surface area (Å²) in [5.74, 6) is 0.800. The van der Waals surface area contributed by atoms with E-state index in [0.717, 1.165) is 31.6 Å². The quantitative estimate of drug-likeness (QED) is 0.820. The van der Waals surface area contributed by atoms with Crippen molar-refractivity contribution in [2.75, 3.05) is 13.6 Å². The van der Waals surface area contributed by atoms with Gasteiger partial charge in [0.25, 0.3) is 0 Å². The van der Waals surface area contributed by atoms with Crippen LogP contribution in [0.4, 0.5) is 4.79 Å². The molecule has 1 unspecified atom stereocenters. The first-order valence-electron chi connectivity index (χ1n) is 8.94. The highest BCUT2D eigenvalue weighted by atomic mass is 16.2. The lowest BCUT2D eigenvalue weighted by atomic mass is 9.83. The molecule has 1 saturated carbocycles. The summed E-state index contributed by atoms with van der Waals surface area (Å²) in [6, 6.07) is -0.0506. The van der Waals surface area contributed by atoms with E-state index in [2.05, 4.69) is 17.6 Å². The smallest absolute Gasteiger partial charge is 0.318 e. The summed E-state index contributed by atoms with van der Waals surface area (Å²) in [6.45, 7) is 2.93. The number of rotatable bonds is 5. The van der Waals surface area contributed by atoms with Crippen LogP contribution in [0.5, 0.6) is 0 Å². The fourth-order valence-electron chi connectivity index (χ4n) is 3.79. The van der Waals surface area contributed by atoms with Crippen molar-refractivity contribution in [2.24, 2.45) is 5.92 Å². The molecular formula is C17H31N3O2. The molecule has 1 aliphatic heterocycles. The van der Waals surface area contributed by atoms with Crippen molar-refractivity contribution < 1.29 is 9.59 Å². The maximum Gasteiger partial charge on any atom is 0.318 e. The third-order valence-corrected chi connectivity index (χ3v) is 5.20. The molecule has 2 aliphatic rings. The molecule has 3 amide bonds. The van der Waals surface area contributed by atoms with E-state index in [4.69, 9.17) is 0 Å². The predicted molar refractivity (Wildman–Crippen MR) is 87.6 cm³/mol. The molecule has 0 spiro atoms. The fourth-order valence-corrected chi connectivity index (χ4v) is 3.79. The molecule has 0 bridgehead atoms. The SMILES string of the molecule is CCCCC1CCC(NC(=O)N2CCCC2C(=O)NC)CC1. The second kappa shape index (κ2) is 8.39. The van der Waals surface area contributed by atoms with E-state index >= 15 is 0 Å². The maximum atomic E-state index is 12.4. The Morgan fingerprint density at radius 1 is 1.14 bits per heavy atom. The van der Waals surface area contributed by atoms with Crippen molar-refractivity contribution in [1.29, 1.82) is 0 Å². The topological polar surface area (TPSA) is 61.4 Å². The van der Waals surface area contributed by atoms with Gasteiger partial charge in [-0.1, -0.05) is 26.2 Å². The van der Waals surface area contributed by atoms with Gasteiger partial charge >= 0.3 is 6.03 Å². The highest BCUT2D eigenvalue weighted by Crippen LogP contribution is 2.28. The first-order chi connectivity index (χ1) is 10.7. The molecule has 1 atom stereocenters. The summed E-state index contributed by atoms with van der Waals surface area (Å²) < 4.78 is 0. The van der Waals surface area contributed by atoms with Crippen LogP contribution < -0.4 is 10.6 Å². The Morgan fingerprint density at radius 3 is 2.50 bits per heavy atom. The Morgan fingerprint density at radius 2 is 1.86 bits per heavy atom. The van der Waals surface area contributed by atoms with E-state index < -0.39 is 0 Å². The average Bonchev–Trinajstić information content (AvgIpc) is 3.03. The third kappa shape index (κ3) is 4.37. The number of likely N-dealkylation sites (tertiary alicyclic amines) is 1. The number of amides is 3. The van der Waals surface area contributed by atoms with Gasteiger partial charge in [-0.25, -0.2) is 4.79 Å². The lowest BCUT2D eigenvalue weighted by molar-refractivity contribution is -0.124. The number of carbonyl (C=O) groups is 2. The largest absolute Gasteiger partial charge is 0.357 e. The fraction of sp³-hybridized carbons (Fsp3) is 0.882. The van der Waals surface area contributed by atoms with Gasteiger partial charge in [-0.2, -0.15) is 0 Å². The van der Waals surface area contributed by atoms with Gasteiger partial charge in [-0.05, 0) is 44.4 Å². The van der Waals surface area contributed by atoms with Gasteiger partial charge in [0.1, 0.15) is 6.04 Å². The van der Waals surface area contributed by atoms with Gasteiger partial charge in [-0.3, -0.25) is 4.79 Å². The van der Waals surface area contributed by atoms with Crippen LogP contribution in [0, 0.1) is 5.92 Å². The van der Waals surface area contributed by atoms with Crippen LogP contribution in [0.1, 0.15) is 64.7 Å². The molecule has 1 saturated heterocycles. The van der Waals surface area contributed by atoms with Crippen molar-refractivity contribution in [3.63, 3.8) is 0 Å². The molecule has 1 heterocycles. The van der Waals surface area contributed by atoms with E-state index in [1.54, 1.807) is 11.9 Å². The minimum Gasteiger partial charge on any atom is -0.357 e. The molecule has 0 aromatic heterocycles. The second-order valence-electron chi connectivity index (χ2n) is 6.78. The van der Waals surface area contributed by atoms with Crippen LogP contribution in [0.15, 0.2) is 0 Å². The van der Waals surface area contributed by atoms with Crippen molar-refractivity contribution >= 4 is 11.9 Å². The average molecular weight is 309 g/mol. The first kappa shape index (κ1) is 17.1. The number of urea groups is 1. The van der Waals surface area contributed by atoms with Gasteiger partial charge in [0.15, 0.2) is 0 Å². The summed E-state index contributed by atoms with van der Waals surface area (Å²) in [5, 5.41) is 5.81. The lowest BCUT2D eigenvalue weighted by Crippen LogP contribution is -2.51. The molecular weight excluding hydrogens is 278 g/mol. The molecule has 5 nitrogen and oxygen atoms in total. The van der Waals surface area contributed by atoms with E-state index in [0.29, 0.717) is 6.54 Å². The Labute approximate surface area is 134 Å². The molecule has 0 aromatic rings. The molecule has 2 N–H and O–H groups in total. The van der Waals surface area contributed by atoms with Crippen LogP contribution in [0.3, 0.4) is 0 Å². The predicted octanol–water partition coefficient (Wildman–Crippen LogP) is 2.66. The minimum absolute atomic E-state index is 0.0454. The number of nitrogens with one attached hydrogen (secondary N) is 2. The standard InChI is InChI=1S/C17H31N3O2/c1-3-4-6-13-8-10-14(11-9-13)19-17(22)20-12-5-7-15(20)16(21)18-2/h13-15H,3-12H2,1-2H3,(H,18,21)(H,19,22). The van der Waals surface area contributed by atoms with Crippen LogP contribution >= 0.6 is 0 Å². The van der Waals surface area contributed by atoms with Gasteiger partial charge in [0.2, 0.25) is 5.91 Å². The lowest BCUT2D eigenvalue weighted by Gasteiger charge is -2.31. The van der Waals surface area contributed by atoms with Crippen molar-refractivity contribution in [3.05, 3.63) is 0 Å². The number of hydrogen-bond acceptors (Lipinski definition) is 2. The molecule has 22 heavy (non-hydrogen) atoms. The van der Waals surface area contributed by atoms with Crippen molar-refractivity contribution in [2.45, 2.75) is 76.8 Å². The van der Waals surface area contributed by atoms with Gasteiger partial charge in [0.05, 0.1) is 0 Å². The van der Waals surface area contributed by atoms with E-state index in [1.807, 2.05) is 0 Å². The molecule has 0 radical (unpaired) electrons. The minimum atomic E-state index is -0.286. The summed E-state index contributed by atoms with van der Waals surface area (Å²) in [7, 11) is 1.63. The van der Waals surface area contributed by atoms with E-state index in [1.165, 1.54) is 32.1 Å². The number of carbonyl (C=O) groups excluding carboxylic acids is 2. The van der Waals surface area contributed by atoms with Gasteiger partial charge in [-0.15, -0.1) is 0 Å². The summed E-state index contributed by atoms with van der Waals surface area (Å²) in [4.78, 5) is 26.0. The molecule has 1 aliphatic carbocycles. The molecule has 5 heteroatoms. The van der Waals surface area contributed by atoms with Crippen LogP contribution in [-0.4, -0.2) is 42.5 Å².